The summed E-state index contributed by atoms with van der Waals surface area (Å²) in [6, 6.07) is 0. The second kappa shape index (κ2) is 8.99. The van der Waals surface area contributed by atoms with E-state index in [1.54, 1.807) is 0 Å². The Morgan fingerprint density at radius 3 is 1.57 bits per heavy atom. The fourth-order valence-electron chi connectivity index (χ4n) is 2.51. The Balaban J connectivity index is 2.20. The van der Waals surface area contributed by atoms with E-state index in [9.17, 15) is 0 Å². The molecule has 1 fully saturated rings. The van der Waals surface area contributed by atoms with Crippen molar-refractivity contribution in [2.24, 2.45) is 5.92 Å². The van der Waals surface area contributed by atoms with Crippen LogP contribution in [0.1, 0.15) is 70.6 Å². The summed E-state index contributed by atoms with van der Waals surface area (Å²) in [5.74, 6) is 1.06. The number of rotatable bonds is 2. The summed E-state index contributed by atoms with van der Waals surface area (Å²) < 4.78 is 1.36. The Kier molecular flexibility index (Phi) is 8.22. The highest BCUT2D eigenvalue weighted by atomic mass is 127. The molecule has 0 heterocycles. The molecule has 0 bridgehead atoms. The lowest BCUT2D eigenvalue weighted by Gasteiger charge is -2.14. The molecule has 0 unspecified atom stereocenters. The zero-order chi connectivity index (χ0) is 10.1. The van der Waals surface area contributed by atoms with Crippen LogP contribution in [0.3, 0.4) is 0 Å². The highest BCUT2D eigenvalue weighted by Crippen LogP contribution is 2.24. The van der Waals surface area contributed by atoms with Crippen LogP contribution in [-0.2, 0) is 0 Å². The first kappa shape index (κ1) is 12.8. The summed E-state index contributed by atoms with van der Waals surface area (Å²) >= 11 is 2.54. The third-order valence-electron chi connectivity index (χ3n) is 3.49. The minimum atomic E-state index is 1.06. The van der Waals surface area contributed by atoms with Gasteiger partial charge >= 0.3 is 0 Å². The van der Waals surface area contributed by atoms with E-state index in [4.69, 9.17) is 0 Å². The molecule has 1 heteroatoms. The van der Waals surface area contributed by atoms with Crippen molar-refractivity contribution >= 4 is 22.6 Å². The van der Waals surface area contributed by atoms with Crippen molar-refractivity contribution in [3.63, 3.8) is 0 Å². The molecular weight excluding hydrogens is 283 g/mol. The van der Waals surface area contributed by atoms with E-state index in [2.05, 4.69) is 22.6 Å². The van der Waals surface area contributed by atoms with Crippen LogP contribution in [0.25, 0.3) is 0 Å². The average molecular weight is 308 g/mol. The summed E-state index contributed by atoms with van der Waals surface area (Å²) in [6.07, 6.45) is 16.5. The van der Waals surface area contributed by atoms with Crippen molar-refractivity contribution in [2.45, 2.75) is 70.6 Å². The summed E-state index contributed by atoms with van der Waals surface area (Å²) in [5, 5.41) is 0. The van der Waals surface area contributed by atoms with Crippen LogP contribution >= 0.6 is 22.6 Å². The molecule has 0 aromatic rings. The van der Waals surface area contributed by atoms with E-state index in [0.717, 1.165) is 5.92 Å². The van der Waals surface area contributed by atoms with Gasteiger partial charge in [0.1, 0.15) is 0 Å². The van der Waals surface area contributed by atoms with E-state index in [-0.39, 0.29) is 0 Å². The quantitative estimate of drug-likeness (QED) is 0.477. The van der Waals surface area contributed by atoms with E-state index in [0.29, 0.717) is 0 Å². The van der Waals surface area contributed by atoms with Crippen LogP contribution in [0.2, 0.25) is 0 Å². The molecule has 0 amide bonds. The van der Waals surface area contributed by atoms with Gasteiger partial charge in [-0.3, -0.25) is 0 Å². The van der Waals surface area contributed by atoms with Gasteiger partial charge in [-0.05, 0) is 16.8 Å². The van der Waals surface area contributed by atoms with Crippen LogP contribution in [0.15, 0.2) is 0 Å². The van der Waals surface area contributed by atoms with Crippen molar-refractivity contribution in [1.29, 1.82) is 0 Å². The molecule has 0 atom stereocenters. The molecule has 0 aliphatic heterocycles. The van der Waals surface area contributed by atoms with Crippen LogP contribution in [-0.4, -0.2) is 4.43 Å². The van der Waals surface area contributed by atoms with Crippen molar-refractivity contribution < 1.29 is 0 Å². The maximum Gasteiger partial charge on any atom is -0.000209 e. The third kappa shape index (κ3) is 6.26. The number of halogens is 1. The van der Waals surface area contributed by atoms with Crippen molar-refractivity contribution in [2.75, 3.05) is 4.43 Å². The lowest BCUT2D eigenvalue weighted by atomic mass is 9.93. The molecule has 1 saturated carbocycles. The van der Waals surface area contributed by atoms with E-state index in [1.807, 2.05) is 0 Å². The fraction of sp³-hybridized carbons (Fsp3) is 1.00. The minimum Gasteiger partial charge on any atom is -0.0864 e. The lowest BCUT2D eigenvalue weighted by Crippen LogP contribution is -2.01. The van der Waals surface area contributed by atoms with Crippen molar-refractivity contribution in [3.8, 4) is 0 Å². The molecule has 0 radical (unpaired) electrons. The fourth-order valence-corrected chi connectivity index (χ4v) is 3.39. The van der Waals surface area contributed by atoms with Gasteiger partial charge in [-0.1, -0.05) is 86.8 Å². The molecule has 1 aliphatic carbocycles. The maximum atomic E-state index is 2.54. The summed E-state index contributed by atoms with van der Waals surface area (Å²) in [5.41, 5.74) is 0. The van der Waals surface area contributed by atoms with Gasteiger partial charge in [0.2, 0.25) is 0 Å². The molecule has 1 aliphatic rings. The second-order valence-electron chi connectivity index (χ2n) is 4.75. The van der Waals surface area contributed by atoms with E-state index in [1.165, 1.54) is 75.1 Å². The molecule has 0 N–H and O–H groups in total. The molecular formula is C13H25I. The van der Waals surface area contributed by atoms with Crippen LogP contribution in [0, 0.1) is 5.92 Å². The van der Waals surface area contributed by atoms with Gasteiger partial charge in [-0.25, -0.2) is 0 Å². The first-order chi connectivity index (χ1) is 6.93. The van der Waals surface area contributed by atoms with E-state index < -0.39 is 0 Å². The smallest absolute Gasteiger partial charge is 0.000209 e. The summed E-state index contributed by atoms with van der Waals surface area (Å²) in [4.78, 5) is 0. The molecule has 0 aromatic carbocycles. The highest BCUT2D eigenvalue weighted by Gasteiger charge is 2.08. The SMILES string of the molecule is ICCC1CCCCCCCCCC1. The van der Waals surface area contributed by atoms with Gasteiger partial charge in [-0.2, -0.15) is 0 Å². The topological polar surface area (TPSA) is 0 Å². The predicted octanol–water partition coefficient (Wildman–Crippen LogP) is 5.34. The Labute approximate surface area is 103 Å². The Hall–Kier alpha value is 0.730. The molecule has 0 spiro atoms. The van der Waals surface area contributed by atoms with Gasteiger partial charge < -0.3 is 0 Å². The molecule has 14 heavy (non-hydrogen) atoms. The van der Waals surface area contributed by atoms with E-state index >= 15 is 0 Å². The first-order valence-corrected chi connectivity index (χ1v) is 8.02. The zero-order valence-corrected chi connectivity index (χ0v) is 11.6. The summed E-state index contributed by atoms with van der Waals surface area (Å²) in [6.45, 7) is 0. The molecule has 0 saturated heterocycles. The van der Waals surface area contributed by atoms with Gasteiger partial charge in [0.25, 0.3) is 0 Å². The maximum absolute atomic E-state index is 2.54. The van der Waals surface area contributed by atoms with Crippen molar-refractivity contribution in [3.05, 3.63) is 0 Å². The standard InChI is InChI=1S/C13H25I/c14-12-11-13-9-7-5-3-1-2-4-6-8-10-13/h13H,1-12H2. The van der Waals surface area contributed by atoms with Crippen LogP contribution in [0.4, 0.5) is 0 Å². The zero-order valence-electron chi connectivity index (χ0n) is 9.44. The molecule has 84 valence electrons. The molecule has 0 aromatic heterocycles. The first-order valence-electron chi connectivity index (χ1n) is 6.49. The number of alkyl halides is 1. The highest BCUT2D eigenvalue weighted by molar-refractivity contribution is 14.1. The van der Waals surface area contributed by atoms with Gasteiger partial charge in [0, 0.05) is 0 Å². The van der Waals surface area contributed by atoms with Gasteiger partial charge in [-0.15, -0.1) is 0 Å². The third-order valence-corrected chi connectivity index (χ3v) is 4.11. The summed E-state index contributed by atoms with van der Waals surface area (Å²) in [7, 11) is 0. The predicted molar refractivity (Wildman–Crippen MR) is 73.2 cm³/mol. The largest absolute Gasteiger partial charge is 0.0864 e. The van der Waals surface area contributed by atoms with Gasteiger partial charge in [0.05, 0.1) is 0 Å². The van der Waals surface area contributed by atoms with Gasteiger partial charge in [0.15, 0.2) is 0 Å². The average Bonchev–Trinajstić information content (AvgIpc) is 2.24. The van der Waals surface area contributed by atoms with Crippen LogP contribution < -0.4 is 0 Å². The lowest BCUT2D eigenvalue weighted by molar-refractivity contribution is 0.407. The monoisotopic (exact) mass is 308 g/mol. The number of hydrogen-bond acceptors (Lipinski definition) is 0. The Morgan fingerprint density at radius 1 is 0.714 bits per heavy atom. The normalized spacial score (nSPS) is 22.9. The Bertz CT molecular complexity index is 110. The second-order valence-corrected chi connectivity index (χ2v) is 5.83. The van der Waals surface area contributed by atoms with Crippen LogP contribution in [0.5, 0.6) is 0 Å². The van der Waals surface area contributed by atoms with Crippen molar-refractivity contribution in [1.82, 2.24) is 0 Å². The number of hydrogen-bond donors (Lipinski definition) is 0. The molecule has 0 nitrogen and oxygen atoms in total. The molecule has 1 rings (SSSR count). The Morgan fingerprint density at radius 2 is 1.14 bits per heavy atom. The minimum absolute atomic E-state index is 1.06.